The third-order valence-electron chi connectivity index (χ3n) is 2.62. The Morgan fingerprint density at radius 1 is 1.53 bits per heavy atom. The van der Waals surface area contributed by atoms with E-state index >= 15 is 0 Å². The molecule has 3 heteroatoms. The smallest absolute Gasteiger partial charge is 0.114 e. The van der Waals surface area contributed by atoms with E-state index in [-0.39, 0.29) is 11.5 Å². The van der Waals surface area contributed by atoms with Crippen molar-refractivity contribution in [1.29, 1.82) is 0 Å². The predicted molar refractivity (Wildman–Crippen MR) is 63.8 cm³/mol. The summed E-state index contributed by atoms with van der Waals surface area (Å²) in [7, 11) is 0. The number of hydrogen-bond donors (Lipinski definition) is 1. The topological polar surface area (TPSA) is 43.8 Å². The number of nitrogens with two attached hydrogens (primary N) is 1. The molecular formula is C12H23N3. The second kappa shape index (κ2) is 4.79. The highest BCUT2D eigenvalue weighted by Crippen LogP contribution is 2.26. The lowest BCUT2D eigenvalue weighted by Gasteiger charge is -2.26. The SMILES string of the molecule is CCCn1ccnc1C(C)(C)CC(C)N. The van der Waals surface area contributed by atoms with Gasteiger partial charge in [0.15, 0.2) is 0 Å². The van der Waals surface area contributed by atoms with Gasteiger partial charge in [0, 0.05) is 30.4 Å². The summed E-state index contributed by atoms with van der Waals surface area (Å²) >= 11 is 0. The average molecular weight is 209 g/mol. The molecule has 0 saturated heterocycles. The van der Waals surface area contributed by atoms with E-state index in [1.54, 1.807) is 0 Å². The molecule has 0 fully saturated rings. The minimum Gasteiger partial charge on any atom is -0.335 e. The van der Waals surface area contributed by atoms with Gasteiger partial charge in [-0.15, -0.1) is 0 Å². The molecule has 0 spiro atoms. The molecule has 0 saturated carbocycles. The first-order valence-electron chi connectivity index (χ1n) is 5.74. The van der Waals surface area contributed by atoms with E-state index in [2.05, 4.69) is 43.4 Å². The van der Waals surface area contributed by atoms with Crippen LogP contribution < -0.4 is 5.73 Å². The molecule has 2 N–H and O–H groups in total. The third-order valence-corrected chi connectivity index (χ3v) is 2.62. The van der Waals surface area contributed by atoms with Crippen LogP contribution in [0.3, 0.4) is 0 Å². The number of aromatic nitrogens is 2. The van der Waals surface area contributed by atoms with Crippen LogP contribution in [0.5, 0.6) is 0 Å². The summed E-state index contributed by atoms with van der Waals surface area (Å²) in [5.41, 5.74) is 5.93. The molecule has 0 aliphatic heterocycles. The van der Waals surface area contributed by atoms with E-state index in [9.17, 15) is 0 Å². The minimum absolute atomic E-state index is 0.0623. The molecule has 1 aromatic heterocycles. The Morgan fingerprint density at radius 2 is 2.20 bits per heavy atom. The van der Waals surface area contributed by atoms with Crippen LogP contribution >= 0.6 is 0 Å². The van der Waals surface area contributed by atoms with E-state index < -0.39 is 0 Å². The minimum atomic E-state index is 0.0623. The lowest BCUT2D eigenvalue weighted by molar-refractivity contribution is 0.394. The number of imidazole rings is 1. The van der Waals surface area contributed by atoms with Crippen molar-refractivity contribution in [3.63, 3.8) is 0 Å². The van der Waals surface area contributed by atoms with Crippen molar-refractivity contribution in [2.24, 2.45) is 5.73 Å². The molecule has 0 bridgehead atoms. The number of nitrogens with zero attached hydrogens (tertiary/aromatic N) is 2. The molecule has 0 aliphatic rings. The lowest BCUT2D eigenvalue weighted by atomic mass is 9.85. The summed E-state index contributed by atoms with van der Waals surface area (Å²) in [5.74, 6) is 1.15. The predicted octanol–water partition coefficient (Wildman–Crippen LogP) is 2.31. The summed E-state index contributed by atoms with van der Waals surface area (Å²) in [6, 6.07) is 0.215. The van der Waals surface area contributed by atoms with E-state index in [4.69, 9.17) is 5.73 Å². The summed E-state index contributed by atoms with van der Waals surface area (Å²) in [6.45, 7) is 9.70. The number of hydrogen-bond acceptors (Lipinski definition) is 2. The van der Waals surface area contributed by atoms with Gasteiger partial charge in [0.2, 0.25) is 0 Å². The number of rotatable bonds is 5. The number of aryl methyl sites for hydroxylation is 1. The maximum atomic E-state index is 5.87. The Balaban J connectivity index is 2.88. The maximum Gasteiger partial charge on any atom is 0.114 e. The first kappa shape index (κ1) is 12.2. The van der Waals surface area contributed by atoms with E-state index in [1.165, 1.54) is 0 Å². The summed E-state index contributed by atoms with van der Waals surface area (Å²) < 4.78 is 2.24. The van der Waals surface area contributed by atoms with Gasteiger partial charge in [-0.1, -0.05) is 20.8 Å². The molecule has 1 unspecified atom stereocenters. The van der Waals surface area contributed by atoms with Crippen LogP contribution in [0.15, 0.2) is 12.4 Å². The molecule has 3 nitrogen and oxygen atoms in total. The fraction of sp³-hybridized carbons (Fsp3) is 0.750. The first-order valence-corrected chi connectivity index (χ1v) is 5.74. The van der Waals surface area contributed by atoms with Gasteiger partial charge in [0.1, 0.15) is 5.82 Å². The van der Waals surface area contributed by atoms with Gasteiger partial charge in [-0.05, 0) is 19.8 Å². The van der Waals surface area contributed by atoms with Gasteiger partial charge in [0.05, 0.1) is 0 Å². The monoisotopic (exact) mass is 209 g/mol. The van der Waals surface area contributed by atoms with Crippen LogP contribution in [-0.2, 0) is 12.0 Å². The normalized spacial score (nSPS) is 14.2. The highest BCUT2D eigenvalue weighted by atomic mass is 15.1. The van der Waals surface area contributed by atoms with Crippen LogP contribution in [-0.4, -0.2) is 15.6 Å². The average Bonchev–Trinajstić information content (AvgIpc) is 2.51. The molecule has 86 valence electrons. The van der Waals surface area contributed by atoms with Crippen LogP contribution in [0.25, 0.3) is 0 Å². The zero-order valence-corrected chi connectivity index (χ0v) is 10.3. The standard InChI is InChI=1S/C12H23N3/c1-5-7-15-8-6-14-11(15)12(3,4)9-10(2)13/h6,8,10H,5,7,9,13H2,1-4H3. The lowest BCUT2D eigenvalue weighted by Crippen LogP contribution is -2.31. The molecule has 1 heterocycles. The Kier molecular flexibility index (Phi) is 3.91. The highest BCUT2D eigenvalue weighted by Gasteiger charge is 2.26. The molecule has 0 radical (unpaired) electrons. The molecule has 1 atom stereocenters. The Hall–Kier alpha value is -0.830. The van der Waals surface area contributed by atoms with Gasteiger partial charge in [0.25, 0.3) is 0 Å². The van der Waals surface area contributed by atoms with Gasteiger partial charge < -0.3 is 10.3 Å². The molecule has 0 amide bonds. The fourth-order valence-corrected chi connectivity index (χ4v) is 2.21. The van der Waals surface area contributed by atoms with Gasteiger partial charge in [-0.2, -0.15) is 0 Å². The Bertz CT molecular complexity index is 300. The van der Waals surface area contributed by atoms with E-state index in [0.29, 0.717) is 0 Å². The summed E-state index contributed by atoms with van der Waals surface area (Å²) in [5, 5.41) is 0. The van der Waals surface area contributed by atoms with Crippen LogP contribution in [0, 0.1) is 0 Å². The summed E-state index contributed by atoms with van der Waals surface area (Å²) in [4.78, 5) is 4.47. The molecule has 0 aliphatic carbocycles. The van der Waals surface area contributed by atoms with Crippen LogP contribution in [0.1, 0.15) is 46.4 Å². The zero-order valence-electron chi connectivity index (χ0n) is 10.3. The van der Waals surface area contributed by atoms with Crippen LogP contribution in [0.4, 0.5) is 0 Å². The van der Waals surface area contributed by atoms with Gasteiger partial charge in [-0.25, -0.2) is 4.98 Å². The van der Waals surface area contributed by atoms with Crippen molar-refractivity contribution in [3.05, 3.63) is 18.2 Å². The van der Waals surface area contributed by atoms with Crippen molar-refractivity contribution in [1.82, 2.24) is 9.55 Å². The Labute approximate surface area is 92.7 Å². The van der Waals surface area contributed by atoms with E-state index in [0.717, 1.165) is 25.2 Å². The largest absolute Gasteiger partial charge is 0.335 e. The van der Waals surface area contributed by atoms with Gasteiger partial charge in [-0.3, -0.25) is 0 Å². The van der Waals surface area contributed by atoms with Gasteiger partial charge >= 0.3 is 0 Å². The molecule has 1 aromatic rings. The maximum absolute atomic E-state index is 5.87. The van der Waals surface area contributed by atoms with Crippen molar-refractivity contribution >= 4 is 0 Å². The molecular weight excluding hydrogens is 186 g/mol. The van der Waals surface area contributed by atoms with Crippen LogP contribution in [0.2, 0.25) is 0 Å². The molecule has 1 rings (SSSR count). The Morgan fingerprint density at radius 3 is 2.73 bits per heavy atom. The van der Waals surface area contributed by atoms with E-state index in [1.807, 2.05) is 6.20 Å². The van der Waals surface area contributed by atoms with Crippen molar-refractivity contribution in [2.75, 3.05) is 0 Å². The molecule has 15 heavy (non-hydrogen) atoms. The highest BCUT2D eigenvalue weighted by molar-refractivity contribution is 5.07. The zero-order chi connectivity index (χ0) is 11.5. The first-order chi connectivity index (χ1) is 6.97. The van der Waals surface area contributed by atoms with Crippen molar-refractivity contribution in [3.8, 4) is 0 Å². The van der Waals surface area contributed by atoms with Crippen molar-refractivity contribution < 1.29 is 0 Å². The second-order valence-corrected chi connectivity index (χ2v) is 5.01. The van der Waals surface area contributed by atoms with Crippen molar-refractivity contribution in [2.45, 2.75) is 58.5 Å². The molecule has 0 aromatic carbocycles. The third kappa shape index (κ3) is 3.06. The fourth-order valence-electron chi connectivity index (χ4n) is 2.21. The quantitative estimate of drug-likeness (QED) is 0.808. The summed E-state index contributed by atoms with van der Waals surface area (Å²) in [6.07, 6.45) is 6.04. The second-order valence-electron chi connectivity index (χ2n) is 5.01.